The first-order chi connectivity index (χ1) is 8.11. The molecule has 2 aromatic rings. The molecule has 1 atom stereocenters. The number of rotatable bonds is 3. The van der Waals surface area contributed by atoms with E-state index in [0.717, 1.165) is 10.9 Å². The molecule has 1 aromatic carbocycles. The molecule has 0 saturated carbocycles. The van der Waals surface area contributed by atoms with Gasteiger partial charge in [-0.25, -0.2) is 0 Å². The van der Waals surface area contributed by atoms with Gasteiger partial charge in [0.05, 0.1) is 6.04 Å². The van der Waals surface area contributed by atoms with Gasteiger partial charge in [-0.3, -0.25) is 0 Å². The van der Waals surface area contributed by atoms with Crippen molar-refractivity contribution in [2.24, 2.45) is 5.73 Å². The Bertz CT molecular complexity index is 519. The van der Waals surface area contributed by atoms with Crippen molar-refractivity contribution in [2.45, 2.75) is 26.3 Å². The van der Waals surface area contributed by atoms with Crippen LogP contribution in [0.15, 0.2) is 34.8 Å². The highest BCUT2D eigenvalue weighted by molar-refractivity contribution is 9.10. The third-order valence-electron chi connectivity index (χ3n) is 2.88. The van der Waals surface area contributed by atoms with Gasteiger partial charge >= 0.3 is 0 Å². The molecular formula is C14H16BrNS. The SMILES string of the molecule is CCc1ccc(C(N)c2ccc(Br)c(C)c2)s1. The van der Waals surface area contributed by atoms with Gasteiger partial charge in [-0.2, -0.15) is 0 Å². The zero-order chi connectivity index (χ0) is 12.4. The summed E-state index contributed by atoms with van der Waals surface area (Å²) < 4.78 is 1.13. The second-order valence-electron chi connectivity index (χ2n) is 4.14. The number of hydrogen-bond donors (Lipinski definition) is 1. The number of aryl methyl sites for hydroxylation is 2. The maximum absolute atomic E-state index is 6.30. The van der Waals surface area contributed by atoms with Gasteiger partial charge in [0.2, 0.25) is 0 Å². The molecule has 0 saturated heterocycles. The number of benzene rings is 1. The van der Waals surface area contributed by atoms with Crippen LogP contribution in [-0.2, 0) is 6.42 Å². The van der Waals surface area contributed by atoms with Crippen LogP contribution >= 0.6 is 27.3 Å². The Morgan fingerprint density at radius 2 is 2.06 bits per heavy atom. The Morgan fingerprint density at radius 3 is 2.65 bits per heavy atom. The summed E-state index contributed by atoms with van der Waals surface area (Å²) in [7, 11) is 0. The van der Waals surface area contributed by atoms with E-state index in [9.17, 15) is 0 Å². The third-order valence-corrected chi connectivity index (χ3v) is 5.08. The second kappa shape index (κ2) is 5.34. The molecule has 0 radical (unpaired) electrons. The fraction of sp³-hybridized carbons (Fsp3) is 0.286. The third kappa shape index (κ3) is 2.79. The molecule has 0 aliphatic carbocycles. The predicted molar refractivity (Wildman–Crippen MR) is 78.6 cm³/mol. The first-order valence-electron chi connectivity index (χ1n) is 5.72. The molecule has 90 valence electrons. The van der Waals surface area contributed by atoms with Gasteiger partial charge in [-0.05, 0) is 42.7 Å². The summed E-state index contributed by atoms with van der Waals surface area (Å²) in [5.74, 6) is 0. The van der Waals surface area contributed by atoms with Gasteiger partial charge in [0.1, 0.15) is 0 Å². The zero-order valence-corrected chi connectivity index (χ0v) is 12.4. The van der Waals surface area contributed by atoms with Crippen LogP contribution in [-0.4, -0.2) is 0 Å². The van der Waals surface area contributed by atoms with Crippen LogP contribution in [0, 0.1) is 6.92 Å². The molecule has 3 heteroatoms. The molecule has 17 heavy (non-hydrogen) atoms. The van der Waals surface area contributed by atoms with Crippen molar-refractivity contribution in [3.05, 3.63) is 55.7 Å². The van der Waals surface area contributed by atoms with E-state index in [1.165, 1.54) is 20.9 Å². The summed E-state index contributed by atoms with van der Waals surface area (Å²) in [5.41, 5.74) is 8.70. The Morgan fingerprint density at radius 1 is 1.29 bits per heavy atom. The summed E-state index contributed by atoms with van der Waals surface area (Å²) in [4.78, 5) is 2.63. The molecule has 0 aliphatic rings. The maximum atomic E-state index is 6.30. The lowest BCUT2D eigenvalue weighted by Gasteiger charge is -2.11. The fourth-order valence-corrected chi connectivity index (χ4v) is 3.01. The van der Waals surface area contributed by atoms with Crippen LogP contribution in [0.3, 0.4) is 0 Å². The average Bonchev–Trinajstić information content (AvgIpc) is 2.80. The van der Waals surface area contributed by atoms with Crippen LogP contribution in [0.25, 0.3) is 0 Å². The van der Waals surface area contributed by atoms with E-state index in [2.05, 4.69) is 60.1 Å². The molecule has 1 heterocycles. The van der Waals surface area contributed by atoms with E-state index < -0.39 is 0 Å². The van der Waals surface area contributed by atoms with Crippen LogP contribution < -0.4 is 5.73 Å². The standard InChI is InChI=1S/C14H16BrNS/c1-3-11-5-7-13(17-11)14(16)10-4-6-12(15)9(2)8-10/h4-8,14H,3,16H2,1-2H3. The molecule has 1 unspecified atom stereocenters. The van der Waals surface area contributed by atoms with Gasteiger partial charge in [-0.1, -0.05) is 35.0 Å². The molecule has 0 spiro atoms. The Kier molecular flexibility index (Phi) is 4.02. The minimum Gasteiger partial charge on any atom is -0.320 e. The second-order valence-corrected chi connectivity index (χ2v) is 6.20. The first kappa shape index (κ1) is 12.8. The Hall–Kier alpha value is -0.640. The maximum Gasteiger partial charge on any atom is 0.0646 e. The molecule has 1 nitrogen and oxygen atoms in total. The highest BCUT2D eigenvalue weighted by Crippen LogP contribution is 2.29. The van der Waals surface area contributed by atoms with E-state index in [0.29, 0.717) is 0 Å². The van der Waals surface area contributed by atoms with E-state index in [1.807, 2.05) is 11.3 Å². The molecule has 2 rings (SSSR count). The summed E-state index contributed by atoms with van der Waals surface area (Å²) in [5, 5.41) is 0. The summed E-state index contributed by atoms with van der Waals surface area (Å²) in [6, 6.07) is 10.6. The van der Waals surface area contributed by atoms with Gasteiger partial charge < -0.3 is 5.73 Å². The van der Waals surface area contributed by atoms with Crippen molar-refractivity contribution < 1.29 is 0 Å². The molecule has 0 fully saturated rings. The van der Waals surface area contributed by atoms with Crippen molar-refractivity contribution in [3.63, 3.8) is 0 Å². The topological polar surface area (TPSA) is 26.0 Å². The number of halogens is 1. The van der Waals surface area contributed by atoms with E-state index in [1.54, 1.807) is 0 Å². The minimum absolute atomic E-state index is 0.00731. The summed E-state index contributed by atoms with van der Waals surface area (Å²) >= 11 is 5.32. The van der Waals surface area contributed by atoms with Crippen LogP contribution in [0.2, 0.25) is 0 Å². The Balaban J connectivity index is 2.29. The summed E-state index contributed by atoms with van der Waals surface area (Å²) in [6.45, 7) is 4.26. The average molecular weight is 310 g/mol. The lowest BCUT2D eigenvalue weighted by molar-refractivity contribution is 0.891. The van der Waals surface area contributed by atoms with Gasteiger partial charge in [-0.15, -0.1) is 11.3 Å². The van der Waals surface area contributed by atoms with Gasteiger partial charge in [0.25, 0.3) is 0 Å². The minimum atomic E-state index is -0.00731. The number of thiophene rings is 1. The van der Waals surface area contributed by atoms with Gasteiger partial charge in [0, 0.05) is 14.2 Å². The molecule has 1 aromatic heterocycles. The largest absolute Gasteiger partial charge is 0.320 e. The monoisotopic (exact) mass is 309 g/mol. The predicted octanol–water partition coefficient (Wildman–Crippen LogP) is 4.43. The smallest absolute Gasteiger partial charge is 0.0646 e. The quantitative estimate of drug-likeness (QED) is 0.891. The van der Waals surface area contributed by atoms with Gasteiger partial charge in [0.15, 0.2) is 0 Å². The normalized spacial score (nSPS) is 12.7. The van der Waals surface area contributed by atoms with Crippen molar-refractivity contribution in [1.29, 1.82) is 0 Å². The van der Waals surface area contributed by atoms with E-state index in [4.69, 9.17) is 5.73 Å². The van der Waals surface area contributed by atoms with Crippen molar-refractivity contribution in [3.8, 4) is 0 Å². The number of nitrogens with two attached hydrogens (primary N) is 1. The lowest BCUT2D eigenvalue weighted by atomic mass is 10.0. The lowest BCUT2D eigenvalue weighted by Crippen LogP contribution is -2.10. The van der Waals surface area contributed by atoms with Crippen molar-refractivity contribution in [2.75, 3.05) is 0 Å². The van der Waals surface area contributed by atoms with Crippen LogP contribution in [0.4, 0.5) is 0 Å². The molecule has 2 N–H and O–H groups in total. The van der Waals surface area contributed by atoms with Crippen LogP contribution in [0.1, 0.15) is 33.8 Å². The highest BCUT2D eigenvalue weighted by atomic mass is 79.9. The fourth-order valence-electron chi connectivity index (χ4n) is 1.78. The molecular weight excluding hydrogens is 294 g/mol. The van der Waals surface area contributed by atoms with E-state index in [-0.39, 0.29) is 6.04 Å². The first-order valence-corrected chi connectivity index (χ1v) is 7.33. The van der Waals surface area contributed by atoms with Crippen molar-refractivity contribution >= 4 is 27.3 Å². The van der Waals surface area contributed by atoms with Crippen molar-refractivity contribution in [1.82, 2.24) is 0 Å². The van der Waals surface area contributed by atoms with E-state index >= 15 is 0 Å². The zero-order valence-electron chi connectivity index (χ0n) is 10.0. The summed E-state index contributed by atoms with van der Waals surface area (Å²) in [6.07, 6.45) is 1.08. The van der Waals surface area contributed by atoms with Crippen LogP contribution in [0.5, 0.6) is 0 Å². The molecule has 0 amide bonds. The molecule has 0 aliphatic heterocycles. The number of hydrogen-bond acceptors (Lipinski definition) is 2. The Labute approximate surface area is 115 Å². The highest BCUT2D eigenvalue weighted by Gasteiger charge is 2.12. The molecule has 0 bridgehead atoms.